The standard InChI is InChI=1S/C23H23N3O4S2/c1-3-30-20(28)13-18-14-31-23(25-18)26-22(29)21(16-7-5-4-6-8-16)32-19-11-9-17(10-12-19)24-15(2)27/h4-12,14,21H,3,13H2,1-2H3,(H,24,27)(H,25,26,29). The van der Waals surface area contributed by atoms with Crippen molar-refractivity contribution in [1.29, 1.82) is 0 Å². The molecule has 0 spiro atoms. The molecule has 2 N–H and O–H groups in total. The predicted octanol–water partition coefficient (Wildman–Crippen LogP) is 4.68. The van der Waals surface area contributed by atoms with Crippen molar-refractivity contribution in [2.24, 2.45) is 0 Å². The summed E-state index contributed by atoms with van der Waals surface area (Å²) < 4.78 is 4.94. The number of hydrogen-bond donors (Lipinski definition) is 2. The van der Waals surface area contributed by atoms with E-state index in [9.17, 15) is 14.4 Å². The van der Waals surface area contributed by atoms with E-state index in [-0.39, 0.29) is 24.2 Å². The first kappa shape index (κ1) is 23.5. The lowest BCUT2D eigenvalue weighted by Crippen LogP contribution is -2.19. The first-order valence-electron chi connectivity index (χ1n) is 9.94. The molecule has 0 fully saturated rings. The van der Waals surface area contributed by atoms with Crippen LogP contribution in [0.25, 0.3) is 0 Å². The van der Waals surface area contributed by atoms with E-state index in [0.29, 0.717) is 23.1 Å². The monoisotopic (exact) mass is 469 g/mol. The number of aromatic nitrogens is 1. The number of thioether (sulfide) groups is 1. The van der Waals surface area contributed by atoms with E-state index >= 15 is 0 Å². The van der Waals surface area contributed by atoms with Gasteiger partial charge in [-0.3, -0.25) is 14.4 Å². The van der Waals surface area contributed by atoms with Crippen LogP contribution in [0.4, 0.5) is 10.8 Å². The molecular weight excluding hydrogens is 446 g/mol. The lowest BCUT2D eigenvalue weighted by molar-refractivity contribution is -0.142. The van der Waals surface area contributed by atoms with Crippen LogP contribution < -0.4 is 10.6 Å². The van der Waals surface area contributed by atoms with Gasteiger partial charge in [-0.05, 0) is 36.8 Å². The van der Waals surface area contributed by atoms with Crippen LogP contribution in [0.5, 0.6) is 0 Å². The fourth-order valence-corrected chi connectivity index (χ4v) is 4.57. The first-order valence-corrected chi connectivity index (χ1v) is 11.7. The molecule has 32 heavy (non-hydrogen) atoms. The largest absolute Gasteiger partial charge is 0.466 e. The van der Waals surface area contributed by atoms with Crippen LogP contribution in [0.3, 0.4) is 0 Å². The molecule has 1 unspecified atom stereocenters. The Bertz CT molecular complexity index is 1070. The van der Waals surface area contributed by atoms with Gasteiger partial charge >= 0.3 is 5.97 Å². The van der Waals surface area contributed by atoms with Crippen LogP contribution in [-0.4, -0.2) is 29.4 Å². The molecule has 2 aromatic carbocycles. The number of nitrogens with one attached hydrogen (secondary N) is 2. The van der Waals surface area contributed by atoms with Crippen LogP contribution in [-0.2, 0) is 25.5 Å². The summed E-state index contributed by atoms with van der Waals surface area (Å²) in [4.78, 5) is 41.2. The third-order valence-electron chi connectivity index (χ3n) is 4.18. The van der Waals surface area contributed by atoms with Gasteiger partial charge in [0.05, 0.1) is 18.7 Å². The minimum absolute atomic E-state index is 0.0672. The Morgan fingerprint density at radius 3 is 2.44 bits per heavy atom. The summed E-state index contributed by atoms with van der Waals surface area (Å²) in [5, 5.41) is 7.24. The van der Waals surface area contributed by atoms with Crippen molar-refractivity contribution in [3.63, 3.8) is 0 Å². The molecule has 7 nitrogen and oxygen atoms in total. The lowest BCUT2D eigenvalue weighted by atomic mass is 10.1. The third kappa shape index (κ3) is 6.93. The average Bonchev–Trinajstić information content (AvgIpc) is 3.20. The van der Waals surface area contributed by atoms with Gasteiger partial charge in [0.2, 0.25) is 11.8 Å². The quantitative estimate of drug-likeness (QED) is 0.349. The fourth-order valence-electron chi connectivity index (χ4n) is 2.83. The topological polar surface area (TPSA) is 97.4 Å². The molecule has 1 atom stereocenters. The van der Waals surface area contributed by atoms with Crippen molar-refractivity contribution in [3.05, 3.63) is 71.2 Å². The molecule has 0 radical (unpaired) electrons. The van der Waals surface area contributed by atoms with Crippen LogP contribution >= 0.6 is 23.1 Å². The van der Waals surface area contributed by atoms with Crippen LogP contribution in [0.1, 0.15) is 30.4 Å². The first-order chi connectivity index (χ1) is 15.4. The number of ether oxygens (including phenoxy) is 1. The van der Waals surface area contributed by atoms with Crippen molar-refractivity contribution >= 4 is 51.7 Å². The van der Waals surface area contributed by atoms with Crippen LogP contribution in [0.2, 0.25) is 0 Å². The van der Waals surface area contributed by atoms with Gasteiger partial charge in [0, 0.05) is 22.9 Å². The maximum Gasteiger partial charge on any atom is 0.311 e. The van der Waals surface area contributed by atoms with Gasteiger partial charge < -0.3 is 15.4 Å². The number of thiazole rings is 1. The summed E-state index contributed by atoms with van der Waals surface area (Å²) in [6.45, 7) is 3.52. The van der Waals surface area contributed by atoms with Gasteiger partial charge in [-0.2, -0.15) is 0 Å². The molecule has 2 amide bonds. The summed E-state index contributed by atoms with van der Waals surface area (Å²) in [5.74, 6) is -0.710. The molecule has 0 bridgehead atoms. The van der Waals surface area contributed by atoms with Crippen LogP contribution in [0.15, 0.2) is 64.9 Å². The van der Waals surface area contributed by atoms with Crippen molar-refractivity contribution in [3.8, 4) is 0 Å². The third-order valence-corrected chi connectivity index (χ3v) is 6.25. The molecule has 0 saturated heterocycles. The van der Waals surface area contributed by atoms with Crippen molar-refractivity contribution < 1.29 is 19.1 Å². The molecular formula is C23H23N3O4S2. The van der Waals surface area contributed by atoms with E-state index < -0.39 is 5.25 Å². The Balaban J connectivity index is 1.73. The number of hydrogen-bond acceptors (Lipinski definition) is 7. The number of anilines is 2. The maximum atomic E-state index is 13.1. The zero-order chi connectivity index (χ0) is 22.9. The number of amides is 2. The Hall–Kier alpha value is -3.17. The van der Waals surface area contributed by atoms with E-state index in [1.807, 2.05) is 42.5 Å². The molecule has 0 saturated carbocycles. The molecule has 0 aliphatic rings. The van der Waals surface area contributed by atoms with E-state index in [0.717, 1.165) is 10.5 Å². The lowest BCUT2D eigenvalue weighted by Gasteiger charge is -2.16. The number of benzene rings is 2. The van der Waals surface area contributed by atoms with Gasteiger partial charge in [-0.1, -0.05) is 30.3 Å². The minimum Gasteiger partial charge on any atom is -0.466 e. The molecule has 3 aromatic rings. The Labute approximate surface area is 194 Å². The normalized spacial score (nSPS) is 11.4. The number of esters is 1. The van der Waals surface area contributed by atoms with E-state index in [1.165, 1.54) is 30.0 Å². The van der Waals surface area contributed by atoms with Gasteiger partial charge in [0.15, 0.2) is 5.13 Å². The Kier molecular flexibility index (Phi) is 8.41. The average molecular weight is 470 g/mol. The van der Waals surface area contributed by atoms with Crippen molar-refractivity contribution in [1.82, 2.24) is 4.98 Å². The van der Waals surface area contributed by atoms with Gasteiger partial charge in [-0.15, -0.1) is 23.1 Å². The number of carbonyl (C=O) groups excluding carboxylic acids is 3. The highest BCUT2D eigenvalue weighted by Gasteiger charge is 2.23. The Morgan fingerprint density at radius 2 is 1.78 bits per heavy atom. The van der Waals surface area contributed by atoms with E-state index in [1.54, 1.807) is 24.4 Å². The number of nitrogens with zero attached hydrogens (tertiary/aromatic N) is 1. The smallest absolute Gasteiger partial charge is 0.311 e. The molecule has 1 aromatic heterocycles. The van der Waals surface area contributed by atoms with Crippen LogP contribution in [0, 0.1) is 0 Å². The highest BCUT2D eigenvalue weighted by atomic mass is 32.2. The molecule has 166 valence electrons. The maximum absolute atomic E-state index is 13.1. The SMILES string of the molecule is CCOC(=O)Cc1csc(NC(=O)C(Sc2ccc(NC(C)=O)cc2)c2ccccc2)n1. The predicted molar refractivity (Wildman–Crippen MR) is 127 cm³/mol. The van der Waals surface area contributed by atoms with E-state index in [4.69, 9.17) is 4.74 Å². The summed E-state index contributed by atoms with van der Waals surface area (Å²) in [5.41, 5.74) is 2.10. The Morgan fingerprint density at radius 1 is 1.06 bits per heavy atom. The van der Waals surface area contributed by atoms with Gasteiger partial charge in [0.1, 0.15) is 5.25 Å². The minimum atomic E-state index is -0.514. The summed E-state index contributed by atoms with van der Waals surface area (Å²) >= 11 is 2.66. The summed E-state index contributed by atoms with van der Waals surface area (Å²) in [7, 11) is 0. The number of rotatable bonds is 9. The van der Waals surface area contributed by atoms with E-state index in [2.05, 4.69) is 15.6 Å². The fraction of sp³-hybridized carbons (Fsp3) is 0.217. The zero-order valence-corrected chi connectivity index (χ0v) is 19.3. The summed E-state index contributed by atoms with van der Waals surface area (Å²) in [6, 6.07) is 16.8. The second-order valence-corrected chi connectivity index (χ2v) is 8.77. The van der Waals surface area contributed by atoms with Gasteiger partial charge in [0.25, 0.3) is 0 Å². The van der Waals surface area contributed by atoms with Gasteiger partial charge in [-0.25, -0.2) is 4.98 Å². The molecule has 0 aliphatic heterocycles. The molecule has 3 rings (SSSR count). The highest BCUT2D eigenvalue weighted by Crippen LogP contribution is 2.37. The molecule has 1 heterocycles. The zero-order valence-electron chi connectivity index (χ0n) is 17.7. The highest BCUT2D eigenvalue weighted by molar-refractivity contribution is 8.00. The second kappa shape index (κ2) is 11.4. The molecule has 0 aliphatic carbocycles. The van der Waals surface area contributed by atoms with Crippen molar-refractivity contribution in [2.45, 2.75) is 30.4 Å². The second-order valence-electron chi connectivity index (χ2n) is 6.73. The molecule has 9 heteroatoms. The summed E-state index contributed by atoms with van der Waals surface area (Å²) in [6.07, 6.45) is 0.0672. The van der Waals surface area contributed by atoms with Crippen molar-refractivity contribution in [2.75, 3.05) is 17.2 Å². The number of carbonyl (C=O) groups is 3.